The van der Waals surface area contributed by atoms with Gasteiger partial charge < -0.3 is 16.4 Å². The van der Waals surface area contributed by atoms with Crippen molar-refractivity contribution in [2.24, 2.45) is 0 Å². The molecule has 3 nitrogen and oxygen atoms in total. The Hall–Kier alpha value is 0.184. The summed E-state index contributed by atoms with van der Waals surface area (Å²) in [4.78, 5) is 0. The van der Waals surface area contributed by atoms with Gasteiger partial charge >= 0.3 is 29.6 Å². The van der Waals surface area contributed by atoms with Gasteiger partial charge in [0.25, 0.3) is 0 Å². The zero-order valence-corrected chi connectivity index (χ0v) is 4.86. The van der Waals surface area contributed by atoms with Gasteiger partial charge in [-0.25, -0.2) is 0 Å². The summed E-state index contributed by atoms with van der Waals surface area (Å²) in [5.41, 5.74) is 0. The van der Waals surface area contributed by atoms with Crippen molar-refractivity contribution in [1.29, 1.82) is 0 Å². The van der Waals surface area contributed by atoms with E-state index in [1.165, 1.54) is 0 Å². The first-order valence-electron chi connectivity index (χ1n) is 0.676. The molecule has 0 amide bonds. The summed E-state index contributed by atoms with van der Waals surface area (Å²) in [6.07, 6.45) is 0. The molecule has 0 saturated heterocycles. The molecule has 0 spiro atoms. The molecule has 0 aliphatic rings. The van der Waals surface area contributed by atoms with Gasteiger partial charge in [0.1, 0.15) is 0 Å². The van der Waals surface area contributed by atoms with Crippen molar-refractivity contribution in [2.45, 2.75) is 0 Å². The van der Waals surface area contributed by atoms with Gasteiger partial charge in [-0.1, -0.05) is 0 Å². The molecule has 8 heavy (non-hydrogen) atoms. The summed E-state index contributed by atoms with van der Waals surface area (Å²) in [6.45, 7) is 0. The molecule has 0 unspecified atom stereocenters. The van der Waals surface area contributed by atoms with Gasteiger partial charge in [0, 0.05) is 0 Å². The van der Waals surface area contributed by atoms with E-state index in [2.05, 4.69) is 0 Å². The fourth-order valence-electron chi connectivity index (χ4n) is 0. The summed E-state index contributed by atoms with van der Waals surface area (Å²) in [7, 11) is 0. The minimum absolute atomic E-state index is 0. The van der Waals surface area contributed by atoms with Crippen molar-refractivity contribution in [3.63, 3.8) is 0 Å². The van der Waals surface area contributed by atoms with E-state index < -0.39 is 16.0 Å². The van der Waals surface area contributed by atoms with Crippen LogP contribution in [-0.2, 0) is 16.0 Å². The molecule has 0 aromatic rings. The molecule has 0 aromatic heterocycles. The molecule has 0 aliphatic heterocycles. The summed E-state index contributed by atoms with van der Waals surface area (Å²) in [5, 5.41) is 0. The Morgan fingerprint density at radius 2 is 0.625 bits per heavy atom. The molecule has 0 saturated carbocycles. The van der Waals surface area contributed by atoms with Gasteiger partial charge in [-0.3, -0.25) is 0 Å². The van der Waals surface area contributed by atoms with Crippen molar-refractivity contribution >= 4 is 0 Å². The first-order valence-corrected chi connectivity index (χ1v) is 2.79. The van der Waals surface area contributed by atoms with Crippen molar-refractivity contribution in [3.05, 3.63) is 0 Å². The Morgan fingerprint density at radius 1 is 0.625 bits per heavy atom. The number of hydrogen-bond donors (Lipinski definition) is 0. The van der Waals surface area contributed by atoms with Crippen molar-refractivity contribution in [1.82, 2.24) is 0 Å². The second-order valence-electron chi connectivity index (χ2n) is 0.383. The van der Waals surface area contributed by atoms with E-state index >= 15 is 0 Å². The van der Waals surface area contributed by atoms with Gasteiger partial charge in [-0.2, -0.15) is 0 Å². The van der Waals surface area contributed by atoms with Crippen LogP contribution in [0.2, 0.25) is 0 Å². The van der Waals surface area contributed by atoms with Crippen LogP contribution in [0.25, 0.3) is 0 Å². The van der Waals surface area contributed by atoms with Gasteiger partial charge in [0.05, 0.1) is 0 Å². The average molecular weight is 181 g/mol. The fraction of sp³-hybridized carbons (Fsp3) is 0. The second kappa shape index (κ2) is 7.18. The van der Waals surface area contributed by atoms with Crippen LogP contribution in [0.1, 0.15) is 0 Å². The summed E-state index contributed by atoms with van der Waals surface area (Å²) < 4.78 is 39.4. The first-order chi connectivity index (χ1) is 2.00. The maximum atomic E-state index is 9.86. The number of halogens is 4. The summed E-state index contributed by atoms with van der Waals surface area (Å²) in [5.74, 6) is 0. The van der Waals surface area contributed by atoms with Crippen LogP contribution in [-0.4, -0.2) is 16.4 Å². The van der Waals surface area contributed by atoms with Crippen LogP contribution in [0.3, 0.4) is 0 Å². The molecular weight excluding hydrogens is 175 g/mol. The van der Waals surface area contributed by atoms with Crippen LogP contribution in [0, 0.1) is 0 Å². The van der Waals surface area contributed by atoms with Crippen LogP contribution >= 0.6 is 0 Å². The third-order valence-electron chi connectivity index (χ3n) is 0. The van der Waals surface area contributed by atoms with Crippen molar-refractivity contribution in [3.8, 4) is 0 Å². The van der Waals surface area contributed by atoms with Crippen molar-refractivity contribution in [2.75, 3.05) is 0 Å². The van der Waals surface area contributed by atoms with E-state index in [1.807, 2.05) is 0 Å². The Balaban J connectivity index is -0.0000000267. The molecule has 0 atom stereocenters. The number of rotatable bonds is 0. The fourth-order valence-corrected chi connectivity index (χ4v) is 0. The Bertz CT molecular complexity index is 26.8. The van der Waals surface area contributed by atoms with E-state index in [1.54, 1.807) is 0 Å². The van der Waals surface area contributed by atoms with Gasteiger partial charge in [0.2, 0.25) is 0 Å². The molecule has 0 fully saturated rings. The zero-order chi connectivity index (χ0) is 4.50. The Morgan fingerprint density at radius 3 is 0.625 bits per heavy atom. The summed E-state index contributed by atoms with van der Waals surface area (Å²) >= 11 is -6.88. The molecule has 0 heterocycles. The van der Waals surface area contributed by atoms with Crippen LogP contribution in [0.15, 0.2) is 0 Å². The van der Waals surface area contributed by atoms with E-state index in [0.29, 0.717) is 0 Å². The molecule has 8 heteroatoms. The zero-order valence-electron chi connectivity index (χ0n) is 3.46. The third-order valence-corrected chi connectivity index (χ3v) is 0. The average Bonchev–Trinajstić information content (AvgIpc) is 0.722. The normalized spacial score (nSPS) is 7.50. The van der Waals surface area contributed by atoms with E-state index in [9.17, 15) is 13.6 Å². The standard InChI is InChI=1S/4FH.3H2O.V/h4*1H;3*1H2;/q;;;;;;;+4/p-4. The second-order valence-corrected chi connectivity index (χ2v) is 1.58. The van der Waals surface area contributed by atoms with E-state index in [0.717, 1.165) is 0 Å². The minimum atomic E-state index is -6.88. The maximum absolute atomic E-state index is 9.86. The molecule has 0 aliphatic carbocycles. The topological polar surface area (TPSA) is 94.5 Å². The van der Waals surface area contributed by atoms with Gasteiger partial charge in [-0.05, 0) is 0 Å². The Labute approximate surface area is 46.9 Å². The predicted molar refractivity (Wildman–Crippen MR) is 15.3 cm³/mol. The molecule has 57 valence electrons. The first kappa shape index (κ1) is 24.1. The molecule has 0 aromatic carbocycles. The molecule has 0 radical (unpaired) electrons. The number of hydrogen-bond acceptors (Lipinski definition) is 0. The predicted octanol–water partition coefficient (Wildman–Crippen LogP) is -0.796. The quantitative estimate of drug-likeness (QED) is 0.437. The van der Waals surface area contributed by atoms with E-state index in [4.69, 9.17) is 0 Å². The van der Waals surface area contributed by atoms with Crippen LogP contribution in [0.5, 0.6) is 0 Å². The summed E-state index contributed by atoms with van der Waals surface area (Å²) in [6, 6.07) is 0. The van der Waals surface area contributed by atoms with Crippen LogP contribution in [0.4, 0.5) is 13.6 Å². The molecule has 0 bridgehead atoms. The Kier molecular flexibility index (Phi) is 21.7. The third kappa shape index (κ3) is 4890. The van der Waals surface area contributed by atoms with Gasteiger partial charge in [-0.15, -0.1) is 0 Å². The molecule has 6 N–H and O–H groups in total. The van der Waals surface area contributed by atoms with Gasteiger partial charge in [0.15, 0.2) is 0 Å². The molecule has 0 rings (SSSR count). The van der Waals surface area contributed by atoms with Crippen LogP contribution < -0.4 is 0 Å². The van der Waals surface area contributed by atoms with E-state index in [-0.39, 0.29) is 16.4 Å². The monoisotopic (exact) mass is 181 g/mol. The SMILES string of the molecule is O.O.O.[F][V]([F])([F])[F]. The van der Waals surface area contributed by atoms with Crippen molar-refractivity contribution < 1.29 is 46.0 Å². The molecular formula is H6F4O3V.